The third-order valence-corrected chi connectivity index (χ3v) is 3.46. The molecule has 1 heterocycles. The van der Waals surface area contributed by atoms with Gasteiger partial charge in [-0.3, -0.25) is 4.79 Å². The van der Waals surface area contributed by atoms with Crippen LogP contribution in [0.1, 0.15) is 16.1 Å². The van der Waals surface area contributed by atoms with E-state index in [4.69, 9.17) is 9.26 Å². The van der Waals surface area contributed by atoms with Gasteiger partial charge in [-0.15, -0.1) is 0 Å². The summed E-state index contributed by atoms with van der Waals surface area (Å²) in [7, 11) is 1.58. The van der Waals surface area contributed by atoms with E-state index in [-0.39, 0.29) is 24.0 Å². The minimum atomic E-state index is -0.364. The van der Waals surface area contributed by atoms with Crippen LogP contribution in [0, 0.1) is 5.82 Å². The lowest BCUT2D eigenvalue weighted by atomic mass is 10.1. The van der Waals surface area contributed by atoms with Gasteiger partial charge in [0.05, 0.1) is 7.11 Å². The smallest absolute Gasteiger partial charge is 0.273 e. The molecule has 0 saturated carbocycles. The van der Waals surface area contributed by atoms with Gasteiger partial charge in [-0.25, -0.2) is 4.39 Å². The highest BCUT2D eigenvalue weighted by Gasteiger charge is 2.14. The highest BCUT2D eigenvalue weighted by molar-refractivity contribution is 5.93. The number of carbonyl (C=O) groups excluding carboxylic acids is 1. The topological polar surface area (TPSA) is 64.4 Å². The summed E-state index contributed by atoms with van der Waals surface area (Å²) >= 11 is 0. The Hall–Kier alpha value is -3.15. The Balaban J connectivity index is 1.68. The molecule has 0 radical (unpaired) electrons. The molecule has 0 aliphatic rings. The number of aromatic nitrogens is 1. The second kappa shape index (κ2) is 6.95. The summed E-state index contributed by atoms with van der Waals surface area (Å²) in [4.78, 5) is 12.1. The van der Waals surface area contributed by atoms with Gasteiger partial charge in [-0.1, -0.05) is 29.4 Å². The molecule has 3 rings (SSSR count). The van der Waals surface area contributed by atoms with Gasteiger partial charge >= 0.3 is 0 Å². The number of ether oxygens (including phenoxy) is 1. The summed E-state index contributed by atoms with van der Waals surface area (Å²) < 4.78 is 23.2. The number of carbonyl (C=O) groups is 1. The van der Waals surface area contributed by atoms with Crippen molar-refractivity contribution in [2.45, 2.75) is 6.54 Å². The van der Waals surface area contributed by atoms with Crippen LogP contribution < -0.4 is 10.1 Å². The van der Waals surface area contributed by atoms with Crippen molar-refractivity contribution in [1.29, 1.82) is 0 Å². The Morgan fingerprint density at radius 3 is 2.75 bits per heavy atom. The zero-order valence-corrected chi connectivity index (χ0v) is 13.0. The van der Waals surface area contributed by atoms with Crippen LogP contribution >= 0.6 is 0 Å². The van der Waals surface area contributed by atoms with Crippen LogP contribution in [0.2, 0.25) is 0 Å². The van der Waals surface area contributed by atoms with Crippen LogP contribution in [-0.4, -0.2) is 18.2 Å². The lowest BCUT2D eigenvalue weighted by Crippen LogP contribution is -2.23. The van der Waals surface area contributed by atoms with Crippen molar-refractivity contribution in [2.24, 2.45) is 0 Å². The number of hydrogen-bond acceptors (Lipinski definition) is 4. The standard InChI is InChI=1S/C18H15FN2O3/c1-23-15-4-2-3-13(9-15)17-10-16(21-24-17)18(22)20-11-12-5-7-14(19)8-6-12/h2-10H,11H2,1H3,(H,20,22). The third kappa shape index (κ3) is 3.60. The third-order valence-electron chi connectivity index (χ3n) is 3.46. The summed E-state index contributed by atoms with van der Waals surface area (Å²) in [6.07, 6.45) is 0. The number of nitrogens with zero attached hydrogens (tertiary/aromatic N) is 1. The molecule has 1 N–H and O–H groups in total. The molecular formula is C18H15FN2O3. The largest absolute Gasteiger partial charge is 0.497 e. The number of amides is 1. The molecule has 24 heavy (non-hydrogen) atoms. The molecule has 5 nitrogen and oxygen atoms in total. The Bertz CT molecular complexity index is 843. The Morgan fingerprint density at radius 1 is 1.21 bits per heavy atom. The maximum Gasteiger partial charge on any atom is 0.273 e. The average Bonchev–Trinajstić information content (AvgIpc) is 3.11. The predicted molar refractivity (Wildman–Crippen MR) is 86.1 cm³/mol. The van der Waals surface area contributed by atoms with Crippen molar-refractivity contribution in [3.05, 3.63) is 71.7 Å². The molecule has 1 aromatic heterocycles. The van der Waals surface area contributed by atoms with Crippen molar-refractivity contribution < 1.29 is 18.4 Å². The van der Waals surface area contributed by atoms with E-state index in [1.54, 1.807) is 31.4 Å². The first-order valence-electron chi connectivity index (χ1n) is 7.29. The molecule has 2 aromatic carbocycles. The zero-order valence-electron chi connectivity index (χ0n) is 13.0. The van der Waals surface area contributed by atoms with Gasteiger partial charge in [0.1, 0.15) is 11.6 Å². The molecule has 0 saturated heterocycles. The van der Waals surface area contributed by atoms with E-state index in [9.17, 15) is 9.18 Å². The van der Waals surface area contributed by atoms with Crippen molar-refractivity contribution >= 4 is 5.91 Å². The minimum Gasteiger partial charge on any atom is -0.497 e. The Labute approximate surface area is 138 Å². The number of rotatable bonds is 5. The van der Waals surface area contributed by atoms with Gasteiger partial charge in [0.15, 0.2) is 11.5 Å². The molecule has 122 valence electrons. The summed E-state index contributed by atoms with van der Waals surface area (Å²) in [5.41, 5.74) is 1.73. The summed E-state index contributed by atoms with van der Waals surface area (Å²) in [5.74, 6) is 0.480. The van der Waals surface area contributed by atoms with Crippen LogP contribution in [0.5, 0.6) is 5.75 Å². The number of nitrogens with one attached hydrogen (secondary N) is 1. The lowest BCUT2D eigenvalue weighted by Gasteiger charge is -2.02. The fourth-order valence-electron chi connectivity index (χ4n) is 2.17. The number of benzene rings is 2. The van der Waals surface area contributed by atoms with Crippen LogP contribution in [-0.2, 0) is 6.54 Å². The fourth-order valence-corrected chi connectivity index (χ4v) is 2.17. The molecule has 1 amide bonds. The second-order valence-electron chi connectivity index (χ2n) is 5.12. The van der Waals surface area contributed by atoms with Crippen molar-refractivity contribution in [2.75, 3.05) is 7.11 Å². The highest BCUT2D eigenvalue weighted by Crippen LogP contribution is 2.24. The molecule has 3 aromatic rings. The molecule has 0 aliphatic carbocycles. The number of halogens is 1. The normalized spacial score (nSPS) is 10.4. The van der Waals surface area contributed by atoms with E-state index in [2.05, 4.69) is 10.5 Å². The predicted octanol–water partition coefficient (Wildman–Crippen LogP) is 3.42. The maximum atomic E-state index is 12.8. The summed E-state index contributed by atoms with van der Waals surface area (Å²) in [6.45, 7) is 0.278. The Morgan fingerprint density at radius 2 is 2.00 bits per heavy atom. The Kier molecular flexibility index (Phi) is 4.56. The van der Waals surface area contributed by atoms with Gasteiger partial charge in [-0.2, -0.15) is 0 Å². The van der Waals surface area contributed by atoms with E-state index in [1.807, 2.05) is 18.2 Å². The first kappa shape index (κ1) is 15.7. The van der Waals surface area contributed by atoms with Crippen LogP contribution in [0.3, 0.4) is 0 Å². The van der Waals surface area contributed by atoms with E-state index >= 15 is 0 Å². The quantitative estimate of drug-likeness (QED) is 0.780. The average molecular weight is 326 g/mol. The molecule has 0 unspecified atom stereocenters. The van der Waals surface area contributed by atoms with Gasteiger partial charge in [0, 0.05) is 18.2 Å². The molecule has 0 aliphatic heterocycles. The van der Waals surface area contributed by atoms with Crippen molar-refractivity contribution in [1.82, 2.24) is 10.5 Å². The zero-order chi connectivity index (χ0) is 16.9. The van der Waals surface area contributed by atoms with E-state index in [0.29, 0.717) is 11.5 Å². The first-order chi connectivity index (χ1) is 11.7. The lowest BCUT2D eigenvalue weighted by molar-refractivity contribution is 0.0942. The molecule has 6 heteroatoms. The highest BCUT2D eigenvalue weighted by atomic mass is 19.1. The van der Waals surface area contributed by atoms with E-state index in [1.165, 1.54) is 12.1 Å². The molecule has 0 fully saturated rings. The summed E-state index contributed by atoms with van der Waals surface area (Å²) in [5, 5.41) is 6.50. The molecule has 0 spiro atoms. The van der Waals surface area contributed by atoms with Gasteiger partial charge < -0.3 is 14.6 Å². The first-order valence-corrected chi connectivity index (χ1v) is 7.29. The second-order valence-corrected chi connectivity index (χ2v) is 5.12. The van der Waals surface area contributed by atoms with Crippen molar-refractivity contribution in [3.8, 4) is 17.1 Å². The van der Waals surface area contributed by atoms with Crippen LogP contribution in [0.25, 0.3) is 11.3 Å². The molecule has 0 bridgehead atoms. The van der Waals surface area contributed by atoms with E-state index < -0.39 is 0 Å². The minimum absolute atomic E-state index is 0.176. The number of hydrogen-bond donors (Lipinski definition) is 1. The van der Waals surface area contributed by atoms with Crippen LogP contribution in [0.15, 0.2) is 59.1 Å². The monoisotopic (exact) mass is 326 g/mol. The number of methoxy groups -OCH3 is 1. The fraction of sp³-hybridized carbons (Fsp3) is 0.111. The summed E-state index contributed by atoms with van der Waals surface area (Å²) in [6, 6.07) is 14.7. The van der Waals surface area contributed by atoms with Crippen LogP contribution in [0.4, 0.5) is 4.39 Å². The van der Waals surface area contributed by atoms with Gasteiger partial charge in [-0.05, 0) is 29.8 Å². The maximum absolute atomic E-state index is 12.8. The SMILES string of the molecule is COc1cccc(-c2cc(C(=O)NCc3ccc(F)cc3)no2)c1. The molecular weight excluding hydrogens is 311 g/mol. The molecule has 0 atom stereocenters. The van der Waals surface area contributed by atoms with Crippen molar-refractivity contribution in [3.63, 3.8) is 0 Å². The van der Waals surface area contributed by atoms with E-state index in [0.717, 1.165) is 11.1 Å². The van der Waals surface area contributed by atoms with Gasteiger partial charge in [0.25, 0.3) is 5.91 Å². The van der Waals surface area contributed by atoms with Gasteiger partial charge in [0.2, 0.25) is 0 Å².